The lowest BCUT2D eigenvalue weighted by molar-refractivity contribution is -0.116. The van der Waals surface area contributed by atoms with Crippen LogP contribution >= 0.6 is 11.3 Å². The third-order valence-corrected chi connectivity index (χ3v) is 3.90. The summed E-state index contributed by atoms with van der Waals surface area (Å²) in [5, 5.41) is 18.0. The molecule has 6 nitrogen and oxygen atoms in total. The van der Waals surface area contributed by atoms with Gasteiger partial charge in [0.15, 0.2) is 0 Å². The smallest absolute Gasteiger partial charge is 0.336 e. The number of anilines is 1. The molecular formula is C14H17N3O3S. The predicted molar refractivity (Wildman–Crippen MR) is 80.9 cm³/mol. The average Bonchev–Trinajstić information content (AvgIpc) is 2.95. The van der Waals surface area contributed by atoms with E-state index in [9.17, 15) is 9.59 Å². The Kier molecular flexibility index (Phi) is 4.42. The van der Waals surface area contributed by atoms with E-state index in [0.29, 0.717) is 5.00 Å². The molecular weight excluding hydrogens is 290 g/mol. The molecule has 0 radical (unpaired) electrons. The standard InChI is InChI=1S/C14H17N3O3S/c1-8-4-9(2)17(16-8)10(3)5-12(18)15-13-6-11(7-21-13)14(19)20/h4,6-7,10H,5H2,1-3H3,(H,15,18)(H,19,20). The lowest BCUT2D eigenvalue weighted by Gasteiger charge is -2.13. The van der Waals surface area contributed by atoms with Crippen molar-refractivity contribution in [3.63, 3.8) is 0 Å². The molecule has 0 saturated carbocycles. The first-order valence-corrected chi connectivity index (χ1v) is 7.39. The second-order valence-corrected chi connectivity index (χ2v) is 5.89. The average molecular weight is 307 g/mol. The van der Waals surface area contributed by atoms with E-state index in [-0.39, 0.29) is 23.9 Å². The fraction of sp³-hybridized carbons (Fsp3) is 0.357. The van der Waals surface area contributed by atoms with Crippen LogP contribution < -0.4 is 5.32 Å². The van der Waals surface area contributed by atoms with Gasteiger partial charge in [0.2, 0.25) is 5.91 Å². The third-order valence-electron chi connectivity index (χ3n) is 3.05. The molecule has 112 valence electrons. The molecule has 7 heteroatoms. The maximum absolute atomic E-state index is 12.0. The summed E-state index contributed by atoms with van der Waals surface area (Å²) in [6.45, 7) is 5.79. The van der Waals surface area contributed by atoms with E-state index in [0.717, 1.165) is 11.4 Å². The van der Waals surface area contributed by atoms with Crippen LogP contribution in [0.4, 0.5) is 5.00 Å². The second kappa shape index (κ2) is 6.09. The Bertz CT molecular complexity index is 675. The molecule has 2 N–H and O–H groups in total. The van der Waals surface area contributed by atoms with Crippen molar-refractivity contribution < 1.29 is 14.7 Å². The molecule has 1 amide bonds. The first-order chi connectivity index (χ1) is 9.86. The summed E-state index contributed by atoms with van der Waals surface area (Å²) in [5.74, 6) is -1.16. The molecule has 2 rings (SSSR count). The van der Waals surface area contributed by atoms with Crippen molar-refractivity contribution in [1.82, 2.24) is 9.78 Å². The summed E-state index contributed by atoms with van der Waals surface area (Å²) in [4.78, 5) is 22.8. The van der Waals surface area contributed by atoms with Crippen molar-refractivity contribution in [2.24, 2.45) is 0 Å². The quantitative estimate of drug-likeness (QED) is 0.889. The van der Waals surface area contributed by atoms with E-state index in [1.165, 1.54) is 22.8 Å². The number of carboxylic acid groups (broad SMARTS) is 1. The number of thiophene rings is 1. The summed E-state index contributed by atoms with van der Waals surface area (Å²) in [6.07, 6.45) is 0.280. The first-order valence-electron chi connectivity index (χ1n) is 6.51. The van der Waals surface area contributed by atoms with Gasteiger partial charge in [0, 0.05) is 17.5 Å². The minimum absolute atomic E-state index is 0.0578. The highest BCUT2D eigenvalue weighted by Gasteiger charge is 2.15. The highest BCUT2D eigenvalue weighted by Crippen LogP contribution is 2.22. The van der Waals surface area contributed by atoms with Gasteiger partial charge >= 0.3 is 5.97 Å². The van der Waals surface area contributed by atoms with Crippen molar-refractivity contribution in [2.75, 3.05) is 5.32 Å². The predicted octanol–water partition coefficient (Wildman–Crippen LogP) is 2.85. The normalized spacial score (nSPS) is 12.1. The lowest BCUT2D eigenvalue weighted by atomic mass is 10.2. The summed E-state index contributed by atoms with van der Waals surface area (Å²) in [5.41, 5.74) is 2.11. The van der Waals surface area contributed by atoms with E-state index in [4.69, 9.17) is 5.11 Å². The van der Waals surface area contributed by atoms with Crippen LogP contribution in [0, 0.1) is 13.8 Å². The molecule has 1 unspecified atom stereocenters. The highest BCUT2D eigenvalue weighted by molar-refractivity contribution is 7.14. The van der Waals surface area contributed by atoms with Gasteiger partial charge < -0.3 is 10.4 Å². The van der Waals surface area contributed by atoms with Crippen molar-refractivity contribution in [2.45, 2.75) is 33.2 Å². The molecule has 21 heavy (non-hydrogen) atoms. The summed E-state index contributed by atoms with van der Waals surface area (Å²) in [7, 11) is 0. The number of aryl methyl sites for hydroxylation is 2. The van der Waals surface area contributed by atoms with Gasteiger partial charge in [-0.2, -0.15) is 5.10 Å². The number of rotatable bonds is 5. The molecule has 2 heterocycles. The molecule has 0 saturated heterocycles. The van der Waals surface area contributed by atoms with Crippen molar-refractivity contribution in [3.8, 4) is 0 Å². The molecule has 2 aromatic heterocycles. The molecule has 2 aromatic rings. The molecule has 0 bridgehead atoms. The maximum atomic E-state index is 12.0. The Hall–Kier alpha value is -2.15. The Balaban J connectivity index is 1.97. The van der Waals surface area contributed by atoms with Gasteiger partial charge in [0.05, 0.1) is 22.3 Å². The topological polar surface area (TPSA) is 84.2 Å². The van der Waals surface area contributed by atoms with Crippen molar-refractivity contribution in [3.05, 3.63) is 34.5 Å². The van der Waals surface area contributed by atoms with Gasteiger partial charge in [-0.15, -0.1) is 11.3 Å². The van der Waals surface area contributed by atoms with Gasteiger partial charge in [0.1, 0.15) is 0 Å². The number of nitrogens with zero attached hydrogens (tertiary/aromatic N) is 2. The number of aromatic nitrogens is 2. The number of aromatic carboxylic acids is 1. The largest absolute Gasteiger partial charge is 0.478 e. The van der Waals surface area contributed by atoms with Crippen LogP contribution in [0.25, 0.3) is 0 Å². The van der Waals surface area contributed by atoms with Crippen LogP contribution in [0.15, 0.2) is 17.5 Å². The number of hydrogen-bond acceptors (Lipinski definition) is 4. The third kappa shape index (κ3) is 3.69. The number of carbonyl (C=O) groups excluding carboxylic acids is 1. The molecule has 0 aromatic carbocycles. The number of carboxylic acids is 1. The Morgan fingerprint density at radius 2 is 2.14 bits per heavy atom. The zero-order valence-corrected chi connectivity index (χ0v) is 12.9. The molecule has 0 spiro atoms. The van der Waals surface area contributed by atoms with E-state index in [1.54, 1.807) is 0 Å². The van der Waals surface area contributed by atoms with Crippen molar-refractivity contribution >= 4 is 28.2 Å². The fourth-order valence-electron chi connectivity index (χ4n) is 2.15. The summed E-state index contributed by atoms with van der Waals surface area (Å²) in [6, 6.07) is 3.36. The highest BCUT2D eigenvalue weighted by atomic mass is 32.1. The van der Waals surface area contributed by atoms with Crippen LogP contribution in [0.1, 0.15) is 41.1 Å². The van der Waals surface area contributed by atoms with Gasteiger partial charge in [-0.3, -0.25) is 9.48 Å². The Labute approximate surface area is 126 Å². The molecule has 0 aliphatic rings. The van der Waals surface area contributed by atoms with Gasteiger partial charge in [-0.05, 0) is 32.9 Å². The van der Waals surface area contributed by atoms with Gasteiger partial charge in [-0.25, -0.2) is 4.79 Å². The molecule has 1 atom stereocenters. The summed E-state index contributed by atoms with van der Waals surface area (Å²) >= 11 is 1.20. The van der Waals surface area contributed by atoms with Crippen LogP contribution in [-0.4, -0.2) is 26.8 Å². The lowest BCUT2D eigenvalue weighted by Crippen LogP contribution is -2.18. The number of hydrogen-bond donors (Lipinski definition) is 2. The maximum Gasteiger partial charge on any atom is 0.336 e. The van der Waals surface area contributed by atoms with Crippen molar-refractivity contribution in [1.29, 1.82) is 0 Å². The van der Waals surface area contributed by atoms with E-state index >= 15 is 0 Å². The SMILES string of the molecule is Cc1cc(C)n(C(C)CC(=O)Nc2cc(C(=O)O)cs2)n1. The number of nitrogens with one attached hydrogen (secondary N) is 1. The number of carbonyl (C=O) groups is 2. The van der Waals surface area contributed by atoms with Crippen LogP contribution in [0.2, 0.25) is 0 Å². The van der Waals surface area contributed by atoms with Crippen LogP contribution in [0.3, 0.4) is 0 Å². The zero-order valence-electron chi connectivity index (χ0n) is 12.1. The summed E-state index contributed by atoms with van der Waals surface area (Å²) < 4.78 is 1.83. The van der Waals surface area contributed by atoms with E-state index in [1.807, 2.05) is 31.5 Å². The Morgan fingerprint density at radius 1 is 1.43 bits per heavy atom. The van der Waals surface area contributed by atoms with E-state index < -0.39 is 5.97 Å². The van der Waals surface area contributed by atoms with E-state index in [2.05, 4.69) is 10.4 Å². The molecule has 0 aliphatic carbocycles. The van der Waals surface area contributed by atoms with Crippen LogP contribution in [-0.2, 0) is 4.79 Å². The second-order valence-electron chi connectivity index (χ2n) is 4.98. The fourth-order valence-corrected chi connectivity index (χ4v) is 2.94. The van der Waals surface area contributed by atoms with Crippen LogP contribution in [0.5, 0.6) is 0 Å². The molecule has 0 aliphatic heterocycles. The van der Waals surface area contributed by atoms with Gasteiger partial charge in [-0.1, -0.05) is 0 Å². The monoisotopic (exact) mass is 307 g/mol. The molecule has 0 fully saturated rings. The minimum atomic E-state index is -0.997. The minimum Gasteiger partial charge on any atom is -0.478 e. The number of amides is 1. The zero-order chi connectivity index (χ0) is 15.6. The first kappa shape index (κ1) is 15.2. The Morgan fingerprint density at radius 3 is 2.67 bits per heavy atom. The van der Waals surface area contributed by atoms with Gasteiger partial charge in [0.25, 0.3) is 0 Å².